The smallest absolute Gasteiger partial charge is 0.158 e. The topological polar surface area (TPSA) is 17.1 Å². The first kappa shape index (κ1) is 23.4. The van der Waals surface area contributed by atoms with Crippen LogP contribution in [0.1, 0.15) is 113 Å². The fraction of sp³-hybridized carbons (Fsp3) is 0.870. The average Bonchev–Trinajstić information content (AvgIpc) is 2.68. The molecule has 1 saturated carbocycles. The van der Waals surface area contributed by atoms with E-state index in [1.807, 2.05) is 19.9 Å². The maximum atomic E-state index is 11.6. The Morgan fingerprint density at radius 3 is 2.25 bits per heavy atom. The molecule has 142 valence electrons. The van der Waals surface area contributed by atoms with Gasteiger partial charge >= 0.3 is 0 Å². The number of allylic oxidation sites excluding steroid dienone is 2. The first-order valence-electron chi connectivity index (χ1n) is 10.3. The van der Waals surface area contributed by atoms with Crippen LogP contribution in [0.3, 0.4) is 0 Å². The first-order chi connectivity index (χ1) is 11.1. The second-order valence-corrected chi connectivity index (χ2v) is 9.00. The summed E-state index contributed by atoms with van der Waals surface area (Å²) in [4.78, 5) is 11.6. The zero-order valence-electron chi connectivity index (χ0n) is 17.9. The maximum Gasteiger partial charge on any atom is 0.158 e. The summed E-state index contributed by atoms with van der Waals surface area (Å²) in [6, 6.07) is 0. The Labute approximate surface area is 152 Å². The summed E-state index contributed by atoms with van der Waals surface area (Å²) in [5.41, 5.74) is 1.69. The monoisotopic (exact) mass is 336 g/mol. The van der Waals surface area contributed by atoms with Gasteiger partial charge in [0.15, 0.2) is 5.78 Å². The highest BCUT2D eigenvalue weighted by atomic mass is 16.1. The quantitative estimate of drug-likeness (QED) is 0.358. The minimum atomic E-state index is 0.0522. The Kier molecular flexibility index (Phi) is 10.8. The van der Waals surface area contributed by atoms with Crippen molar-refractivity contribution in [2.24, 2.45) is 16.7 Å². The number of Topliss-reactive ketones (excluding diaryl/α,β-unsaturated/α-hetero) is 1. The number of hydrogen-bond acceptors (Lipinski definition) is 1. The van der Waals surface area contributed by atoms with Gasteiger partial charge in [-0.25, -0.2) is 0 Å². The molecule has 24 heavy (non-hydrogen) atoms. The number of carbonyl (C=O) groups is 1. The Balaban J connectivity index is 0.000000446. The fourth-order valence-electron chi connectivity index (χ4n) is 4.25. The van der Waals surface area contributed by atoms with Crippen molar-refractivity contribution >= 4 is 5.78 Å². The summed E-state index contributed by atoms with van der Waals surface area (Å²) in [7, 11) is 0. The number of ketones is 1. The largest absolute Gasteiger partial charge is 0.295 e. The Hall–Kier alpha value is -0.590. The van der Waals surface area contributed by atoms with Gasteiger partial charge in [-0.1, -0.05) is 86.6 Å². The maximum absolute atomic E-state index is 11.6. The summed E-state index contributed by atoms with van der Waals surface area (Å²) < 4.78 is 0. The lowest BCUT2D eigenvalue weighted by molar-refractivity contribution is -0.116. The second kappa shape index (κ2) is 11.1. The molecular formula is C23H44O. The van der Waals surface area contributed by atoms with Gasteiger partial charge in [-0.2, -0.15) is 0 Å². The molecule has 0 N–H and O–H groups in total. The van der Waals surface area contributed by atoms with E-state index in [1.165, 1.54) is 38.5 Å². The Bertz CT molecular complexity index is 387. The van der Waals surface area contributed by atoms with Crippen LogP contribution < -0.4 is 0 Å². The highest BCUT2D eigenvalue weighted by Crippen LogP contribution is 2.38. The van der Waals surface area contributed by atoms with Crippen LogP contribution in [-0.4, -0.2) is 5.78 Å². The highest BCUT2D eigenvalue weighted by Gasteiger charge is 2.26. The molecule has 1 heteroatoms. The zero-order valence-corrected chi connectivity index (χ0v) is 17.9. The normalized spacial score (nSPS) is 21.5. The minimum absolute atomic E-state index is 0.0522. The molecule has 1 fully saturated rings. The van der Waals surface area contributed by atoms with Crippen LogP contribution in [0, 0.1) is 16.7 Å². The molecule has 0 amide bonds. The molecule has 0 saturated heterocycles. The molecule has 0 aromatic carbocycles. The van der Waals surface area contributed by atoms with Crippen LogP contribution in [0.2, 0.25) is 0 Å². The zero-order chi connectivity index (χ0) is 18.8. The number of carbonyl (C=O) groups excluding carboxylic acids is 1. The Morgan fingerprint density at radius 1 is 1.17 bits per heavy atom. The highest BCUT2D eigenvalue weighted by molar-refractivity contribution is 5.96. The van der Waals surface area contributed by atoms with Crippen molar-refractivity contribution < 1.29 is 4.79 Å². The van der Waals surface area contributed by atoms with Gasteiger partial charge in [-0.05, 0) is 48.5 Å². The van der Waals surface area contributed by atoms with Crippen LogP contribution in [0.25, 0.3) is 0 Å². The molecule has 1 nitrogen and oxygen atoms in total. The molecule has 1 atom stereocenters. The van der Waals surface area contributed by atoms with E-state index in [0.29, 0.717) is 17.6 Å². The predicted molar refractivity (Wildman–Crippen MR) is 108 cm³/mol. The summed E-state index contributed by atoms with van der Waals surface area (Å²) in [5.74, 6) is 1.31. The molecule has 1 rings (SSSR count). The number of hydrogen-bond donors (Lipinski definition) is 0. The van der Waals surface area contributed by atoms with Crippen molar-refractivity contribution in [2.45, 2.75) is 113 Å². The van der Waals surface area contributed by atoms with Crippen molar-refractivity contribution in [3.05, 3.63) is 11.6 Å². The molecule has 1 unspecified atom stereocenters. The van der Waals surface area contributed by atoms with E-state index in [2.05, 4.69) is 41.5 Å². The predicted octanol–water partition coefficient (Wildman–Crippen LogP) is 7.74. The minimum Gasteiger partial charge on any atom is -0.295 e. The SMILES string of the molecule is C/C=C(/C(=O)CC)C(C)(C)CCC.CCC1CCCCC(C)(C)C1. The molecular weight excluding hydrogens is 292 g/mol. The molecule has 0 aliphatic heterocycles. The van der Waals surface area contributed by atoms with E-state index < -0.39 is 0 Å². The van der Waals surface area contributed by atoms with E-state index in [-0.39, 0.29) is 5.41 Å². The molecule has 1 aliphatic rings. The van der Waals surface area contributed by atoms with Gasteiger partial charge in [-0.3, -0.25) is 4.79 Å². The van der Waals surface area contributed by atoms with Gasteiger partial charge in [-0.15, -0.1) is 0 Å². The molecule has 0 radical (unpaired) electrons. The van der Waals surface area contributed by atoms with Crippen LogP contribution in [0.15, 0.2) is 11.6 Å². The summed E-state index contributed by atoms with van der Waals surface area (Å²) >= 11 is 0. The van der Waals surface area contributed by atoms with Crippen LogP contribution >= 0.6 is 0 Å². The lowest BCUT2D eigenvalue weighted by atomic mass is 9.77. The van der Waals surface area contributed by atoms with Crippen molar-refractivity contribution in [1.82, 2.24) is 0 Å². The summed E-state index contributed by atoms with van der Waals surface area (Å²) in [5, 5.41) is 0. The van der Waals surface area contributed by atoms with Crippen molar-refractivity contribution in [3.8, 4) is 0 Å². The van der Waals surface area contributed by atoms with Gasteiger partial charge in [0.2, 0.25) is 0 Å². The number of rotatable bonds is 6. The van der Waals surface area contributed by atoms with Crippen LogP contribution in [0.4, 0.5) is 0 Å². The molecule has 0 heterocycles. The van der Waals surface area contributed by atoms with Gasteiger partial charge in [0.05, 0.1) is 0 Å². The third kappa shape index (κ3) is 8.49. The van der Waals surface area contributed by atoms with E-state index in [9.17, 15) is 4.79 Å². The summed E-state index contributed by atoms with van der Waals surface area (Å²) in [6.07, 6.45) is 13.5. The third-order valence-electron chi connectivity index (χ3n) is 5.65. The molecule has 0 bridgehead atoms. The third-order valence-corrected chi connectivity index (χ3v) is 5.65. The van der Waals surface area contributed by atoms with Crippen molar-refractivity contribution in [3.63, 3.8) is 0 Å². The summed E-state index contributed by atoms with van der Waals surface area (Å²) in [6.45, 7) is 17.5. The molecule has 0 aromatic rings. The van der Waals surface area contributed by atoms with Crippen LogP contribution in [0.5, 0.6) is 0 Å². The van der Waals surface area contributed by atoms with Gasteiger partial charge in [0.25, 0.3) is 0 Å². The van der Waals surface area contributed by atoms with E-state index >= 15 is 0 Å². The van der Waals surface area contributed by atoms with E-state index in [4.69, 9.17) is 0 Å². The van der Waals surface area contributed by atoms with E-state index in [0.717, 1.165) is 24.3 Å². The standard InChI is InChI=1S/C12H22O.C11H22/c1-6-9-12(4,5)10(7-2)11(13)8-3;1-4-10-7-5-6-8-11(2,3)9-10/h7H,6,8-9H2,1-5H3;10H,4-9H2,1-3H3/b10-7-;. The van der Waals surface area contributed by atoms with Crippen LogP contribution in [-0.2, 0) is 4.79 Å². The van der Waals surface area contributed by atoms with Crippen molar-refractivity contribution in [1.29, 1.82) is 0 Å². The molecule has 0 aromatic heterocycles. The first-order valence-corrected chi connectivity index (χ1v) is 10.3. The van der Waals surface area contributed by atoms with E-state index in [1.54, 1.807) is 0 Å². The molecule has 1 aliphatic carbocycles. The lowest BCUT2D eigenvalue weighted by Crippen LogP contribution is -2.20. The van der Waals surface area contributed by atoms with Gasteiger partial charge in [0, 0.05) is 6.42 Å². The van der Waals surface area contributed by atoms with Gasteiger partial charge < -0.3 is 0 Å². The van der Waals surface area contributed by atoms with Gasteiger partial charge in [0.1, 0.15) is 0 Å². The average molecular weight is 337 g/mol. The second-order valence-electron chi connectivity index (χ2n) is 9.00. The Morgan fingerprint density at radius 2 is 1.79 bits per heavy atom. The molecule has 0 spiro atoms. The fourth-order valence-corrected chi connectivity index (χ4v) is 4.25. The lowest BCUT2D eigenvalue weighted by Gasteiger charge is -2.26. The van der Waals surface area contributed by atoms with Crippen molar-refractivity contribution in [2.75, 3.05) is 0 Å².